The van der Waals surface area contributed by atoms with Crippen LogP contribution in [-0.4, -0.2) is 17.7 Å². The highest BCUT2D eigenvalue weighted by Crippen LogP contribution is 2.19. The fraction of sp³-hybridized carbons (Fsp3) is 0.417. The number of carboxylic acids is 1. The summed E-state index contributed by atoms with van der Waals surface area (Å²) in [4.78, 5) is 10.7. The summed E-state index contributed by atoms with van der Waals surface area (Å²) < 4.78 is 5.54. The maximum absolute atomic E-state index is 10.7. The molecule has 1 aromatic rings. The minimum Gasteiger partial charge on any atom is -0.493 e. The molecule has 0 amide bonds. The molecule has 0 bridgehead atoms. The SMILES string of the molecule is Cc1cc(C(=O)O)ccc1OCC(C)C. The van der Waals surface area contributed by atoms with Crippen molar-refractivity contribution in [2.24, 2.45) is 5.92 Å². The van der Waals surface area contributed by atoms with Crippen molar-refractivity contribution in [2.75, 3.05) is 6.61 Å². The Bertz CT molecular complexity index is 356. The fourth-order valence-corrected chi connectivity index (χ4v) is 1.20. The third-order valence-electron chi connectivity index (χ3n) is 1.99. The first-order valence-corrected chi connectivity index (χ1v) is 4.97. The molecule has 3 nitrogen and oxygen atoms in total. The molecule has 0 aromatic heterocycles. The third-order valence-corrected chi connectivity index (χ3v) is 1.99. The second kappa shape index (κ2) is 4.82. The number of carboxylic acid groups (broad SMARTS) is 1. The summed E-state index contributed by atoms with van der Waals surface area (Å²) in [6.07, 6.45) is 0. The molecular formula is C12H16O3. The van der Waals surface area contributed by atoms with Crippen LogP contribution in [0.3, 0.4) is 0 Å². The van der Waals surface area contributed by atoms with Crippen molar-refractivity contribution in [1.29, 1.82) is 0 Å². The van der Waals surface area contributed by atoms with Crippen molar-refractivity contribution >= 4 is 5.97 Å². The lowest BCUT2D eigenvalue weighted by Gasteiger charge is -2.11. The van der Waals surface area contributed by atoms with E-state index in [1.807, 2.05) is 6.92 Å². The van der Waals surface area contributed by atoms with E-state index in [0.717, 1.165) is 11.3 Å². The van der Waals surface area contributed by atoms with E-state index in [4.69, 9.17) is 9.84 Å². The van der Waals surface area contributed by atoms with Crippen LogP contribution in [0.4, 0.5) is 0 Å². The summed E-state index contributed by atoms with van der Waals surface area (Å²) in [5.41, 5.74) is 1.15. The average Bonchev–Trinajstić information content (AvgIpc) is 2.15. The van der Waals surface area contributed by atoms with Gasteiger partial charge in [0.1, 0.15) is 5.75 Å². The summed E-state index contributed by atoms with van der Waals surface area (Å²) in [7, 11) is 0. The largest absolute Gasteiger partial charge is 0.493 e. The van der Waals surface area contributed by atoms with Gasteiger partial charge >= 0.3 is 5.97 Å². The van der Waals surface area contributed by atoms with Gasteiger partial charge in [-0.25, -0.2) is 4.79 Å². The first kappa shape index (κ1) is 11.6. The predicted molar refractivity (Wildman–Crippen MR) is 58.5 cm³/mol. The lowest BCUT2D eigenvalue weighted by molar-refractivity contribution is 0.0696. The first-order chi connectivity index (χ1) is 7.00. The molecule has 0 unspecified atom stereocenters. The molecular weight excluding hydrogens is 192 g/mol. The van der Waals surface area contributed by atoms with E-state index >= 15 is 0 Å². The highest BCUT2D eigenvalue weighted by molar-refractivity contribution is 5.88. The van der Waals surface area contributed by atoms with Gasteiger partial charge in [-0.2, -0.15) is 0 Å². The maximum Gasteiger partial charge on any atom is 0.335 e. The van der Waals surface area contributed by atoms with Crippen molar-refractivity contribution < 1.29 is 14.6 Å². The molecule has 1 aromatic carbocycles. The van der Waals surface area contributed by atoms with Gasteiger partial charge in [0, 0.05) is 0 Å². The number of hydrogen-bond acceptors (Lipinski definition) is 2. The second-order valence-electron chi connectivity index (χ2n) is 3.99. The number of aryl methyl sites for hydroxylation is 1. The highest BCUT2D eigenvalue weighted by Gasteiger charge is 2.06. The Morgan fingerprint density at radius 1 is 1.47 bits per heavy atom. The summed E-state index contributed by atoms with van der Waals surface area (Å²) in [5, 5.41) is 8.78. The molecule has 0 radical (unpaired) electrons. The molecule has 15 heavy (non-hydrogen) atoms. The van der Waals surface area contributed by atoms with Crippen molar-refractivity contribution in [2.45, 2.75) is 20.8 Å². The van der Waals surface area contributed by atoms with Crippen molar-refractivity contribution in [3.05, 3.63) is 29.3 Å². The van der Waals surface area contributed by atoms with Crippen LogP contribution in [0.25, 0.3) is 0 Å². The minimum atomic E-state index is -0.909. The van der Waals surface area contributed by atoms with Gasteiger partial charge in [0.2, 0.25) is 0 Å². The topological polar surface area (TPSA) is 46.5 Å². The lowest BCUT2D eigenvalue weighted by Crippen LogP contribution is -2.06. The Morgan fingerprint density at radius 3 is 2.60 bits per heavy atom. The normalized spacial score (nSPS) is 10.4. The van der Waals surface area contributed by atoms with Crippen molar-refractivity contribution in [3.8, 4) is 5.75 Å². The fourth-order valence-electron chi connectivity index (χ4n) is 1.20. The molecule has 0 saturated heterocycles. The average molecular weight is 208 g/mol. The number of hydrogen-bond donors (Lipinski definition) is 1. The van der Waals surface area contributed by atoms with Crippen LogP contribution in [0, 0.1) is 12.8 Å². The third kappa shape index (κ3) is 3.27. The molecule has 0 fully saturated rings. The molecule has 0 spiro atoms. The summed E-state index contributed by atoms with van der Waals surface area (Å²) in [6.45, 7) is 6.64. The highest BCUT2D eigenvalue weighted by atomic mass is 16.5. The van der Waals surface area contributed by atoms with Crippen LogP contribution in [0.15, 0.2) is 18.2 Å². The molecule has 1 N–H and O–H groups in total. The van der Waals surface area contributed by atoms with E-state index < -0.39 is 5.97 Å². The van der Waals surface area contributed by atoms with E-state index in [2.05, 4.69) is 13.8 Å². The Kier molecular flexibility index (Phi) is 3.72. The van der Waals surface area contributed by atoms with Crippen LogP contribution < -0.4 is 4.74 Å². The summed E-state index contributed by atoms with van der Waals surface area (Å²) in [5.74, 6) is 0.311. The molecule has 0 heterocycles. The van der Waals surface area contributed by atoms with Gasteiger partial charge < -0.3 is 9.84 Å². The second-order valence-corrected chi connectivity index (χ2v) is 3.99. The van der Waals surface area contributed by atoms with Crippen molar-refractivity contribution in [3.63, 3.8) is 0 Å². The van der Waals surface area contributed by atoms with Gasteiger partial charge in [0.15, 0.2) is 0 Å². The standard InChI is InChI=1S/C12H16O3/c1-8(2)7-15-11-5-4-10(12(13)14)6-9(11)3/h4-6,8H,7H2,1-3H3,(H,13,14). The summed E-state index contributed by atoms with van der Waals surface area (Å²) >= 11 is 0. The molecule has 0 atom stereocenters. The lowest BCUT2D eigenvalue weighted by atomic mass is 10.1. The Balaban J connectivity index is 2.79. The zero-order chi connectivity index (χ0) is 11.4. The quantitative estimate of drug-likeness (QED) is 0.827. The number of benzene rings is 1. The van der Waals surface area contributed by atoms with Gasteiger partial charge in [0.25, 0.3) is 0 Å². The van der Waals surface area contributed by atoms with Crippen LogP contribution in [0.5, 0.6) is 5.75 Å². The van der Waals surface area contributed by atoms with Crippen molar-refractivity contribution in [1.82, 2.24) is 0 Å². The van der Waals surface area contributed by atoms with E-state index in [1.165, 1.54) is 0 Å². The first-order valence-electron chi connectivity index (χ1n) is 4.97. The number of aromatic carboxylic acids is 1. The molecule has 3 heteroatoms. The smallest absolute Gasteiger partial charge is 0.335 e. The molecule has 0 aliphatic carbocycles. The van der Waals surface area contributed by atoms with Gasteiger partial charge in [-0.3, -0.25) is 0 Å². The maximum atomic E-state index is 10.7. The molecule has 0 saturated carbocycles. The van der Waals surface area contributed by atoms with Crippen LogP contribution in [-0.2, 0) is 0 Å². The Hall–Kier alpha value is -1.51. The van der Waals surface area contributed by atoms with E-state index in [-0.39, 0.29) is 0 Å². The van der Waals surface area contributed by atoms with E-state index in [1.54, 1.807) is 18.2 Å². The Labute approximate surface area is 89.7 Å². The number of ether oxygens (including phenoxy) is 1. The number of rotatable bonds is 4. The molecule has 0 aliphatic rings. The zero-order valence-corrected chi connectivity index (χ0v) is 9.28. The van der Waals surface area contributed by atoms with Gasteiger partial charge in [-0.05, 0) is 36.6 Å². The minimum absolute atomic E-state index is 0.296. The van der Waals surface area contributed by atoms with Crippen LogP contribution in [0.1, 0.15) is 29.8 Å². The summed E-state index contributed by atoms with van der Waals surface area (Å²) in [6, 6.07) is 4.89. The van der Waals surface area contributed by atoms with E-state index in [9.17, 15) is 4.79 Å². The monoisotopic (exact) mass is 208 g/mol. The van der Waals surface area contributed by atoms with E-state index in [0.29, 0.717) is 18.1 Å². The zero-order valence-electron chi connectivity index (χ0n) is 9.28. The van der Waals surface area contributed by atoms with Gasteiger partial charge in [-0.15, -0.1) is 0 Å². The van der Waals surface area contributed by atoms with Gasteiger partial charge in [0.05, 0.1) is 12.2 Å². The van der Waals surface area contributed by atoms with Crippen LogP contribution in [0.2, 0.25) is 0 Å². The Morgan fingerprint density at radius 2 is 2.13 bits per heavy atom. The van der Waals surface area contributed by atoms with Crippen LogP contribution >= 0.6 is 0 Å². The predicted octanol–water partition coefficient (Wildman–Crippen LogP) is 2.73. The molecule has 82 valence electrons. The molecule has 1 rings (SSSR count). The number of carbonyl (C=O) groups is 1. The van der Waals surface area contributed by atoms with Gasteiger partial charge in [-0.1, -0.05) is 13.8 Å². The molecule has 0 aliphatic heterocycles.